The van der Waals surface area contributed by atoms with E-state index in [1.54, 1.807) is 0 Å². The Kier molecular flexibility index (Phi) is 3.71. The standard InChI is InChI=1S/C8H14N4O.ClH/c1-6-5-9-3-4-12(6)8-11-10-7(2)13-8;/h6,9H,3-5H2,1-2H3;1H/t6-;/m0./s1. The van der Waals surface area contributed by atoms with Crippen molar-refractivity contribution in [3.05, 3.63) is 5.89 Å². The Labute approximate surface area is 89.3 Å². The summed E-state index contributed by atoms with van der Waals surface area (Å²) in [5, 5.41) is 11.1. The molecule has 0 radical (unpaired) electrons. The van der Waals surface area contributed by atoms with Crippen LogP contribution in [-0.4, -0.2) is 35.9 Å². The van der Waals surface area contributed by atoms with Crippen LogP contribution in [0.2, 0.25) is 0 Å². The van der Waals surface area contributed by atoms with Gasteiger partial charge in [-0.15, -0.1) is 17.5 Å². The Hall–Kier alpha value is -0.810. The van der Waals surface area contributed by atoms with Crippen molar-refractivity contribution in [1.82, 2.24) is 15.5 Å². The van der Waals surface area contributed by atoms with Crippen LogP contribution in [0.4, 0.5) is 6.01 Å². The molecule has 0 saturated carbocycles. The first-order valence-corrected chi connectivity index (χ1v) is 4.55. The average molecular weight is 219 g/mol. The van der Waals surface area contributed by atoms with E-state index in [0.29, 0.717) is 17.9 Å². The fourth-order valence-corrected chi connectivity index (χ4v) is 1.53. The zero-order valence-corrected chi connectivity index (χ0v) is 9.17. The first-order valence-electron chi connectivity index (χ1n) is 4.55. The lowest BCUT2D eigenvalue weighted by atomic mass is 10.2. The summed E-state index contributed by atoms with van der Waals surface area (Å²) in [6.45, 7) is 6.84. The van der Waals surface area contributed by atoms with Crippen molar-refractivity contribution < 1.29 is 4.42 Å². The molecule has 1 fully saturated rings. The molecule has 1 N–H and O–H groups in total. The number of hydrogen-bond donors (Lipinski definition) is 1. The number of rotatable bonds is 1. The second-order valence-corrected chi connectivity index (χ2v) is 3.35. The molecule has 2 heterocycles. The molecule has 1 aliphatic heterocycles. The topological polar surface area (TPSA) is 54.2 Å². The lowest BCUT2D eigenvalue weighted by Gasteiger charge is -2.32. The fraction of sp³-hybridized carbons (Fsp3) is 0.750. The summed E-state index contributed by atoms with van der Waals surface area (Å²) in [5.74, 6) is 0.626. The molecule has 1 atom stereocenters. The van der Waals surface area contributed by atoms with Crippen molar-refractivity contribution in [3.63, 3.8) is 0 Å². The minimum atomic E-state index is 0. The number of nitrogens with one attached hydrogen (secondary N) is 1. The van der Waals surface area contributed by atoms with Crippen LogP contribution in [0.1, 0.15) is 12.8 Å². The second kappa shape index (κ2) is 4.61. The van der Waals surface area contributed by atoms with Crippen LogP contribution in [0.15, 0.2) is 4.42 Å². The van der Waals surface area contributed by atoms with E-state index in [1.807, 2.05) is 6.92 Å². The minimum absolute atomic E-state index is 0. The van der Waals surface area contributed by atoms with Crippen LogP contribution in [0, 0.1) is 6.92 Å². The molecule has 0 aliphatic carbocycles. The maximum absolute atomic E-state index is 5.37. The zero-order chi connectivity index (χ0) is 9.26. The van der Waals surface area contributed by atoms with Crippen LogP contribution in [0.25, 0.3) is 0 Å². The quantitative estimate of drug-likeness (QED) is 0.748. The highest BCUT2D eigenvalue weighted by molar-refractivity contribution is 5.85. The summed E-state index contributed by atoms with van der Waals surface area (Å²) in [7, 11) is 0. The number of aromatic nitrogens is 2. The van der Waals surface area contributed by atoms with E-state index in [1.165, 1.54) is 0 Å². The lowest BCUT2D eigenvalue weighted by Crippen LogP contribution is -2.50. The number of piperazine rings is 1. The third kappa shape index (κ3) is 2.16. The van der Waals surface area contributed by atoms with E-state index in [-0.39, 0.29) is 12.4 Å². The third-order valence-electron chi connectivity index (χ3n) is 2.26. The summed E-state index contributed by atoms with van der Waals surface area (Å²) < 4.78 is 5.37. The summed E-state index contributed by atoms with van der Waals surface area (Å²) in [6, 6.07) is 1.07. The van der Waals surface area contributed by atoms with Gasteiger partial charge in [-0.25, -0.2) is 0 Å². The van der Waals surface area contributed by atoms with Crippen LogP contribution in [0.3, 0.4) is 0 Å². The number of hydrogen-bond acceptors (Lipinski definition) is 5. The van der Waals surface area contributed by atoms with Crippen LogP contribution in [0.5, 0.6) is 0 Å². The summed E-state index contributed by atoms with van der Waals surface area (Å²) in [6.07, 6.45) is 0. The Morgan fingerprint density at radius 3 is 2.86 bits per heavy atom. The Bertz CT molecular complexity index is 291. The van der Waals surface area contributed by atoms with Crippen molar-refractivity contribution in [2.24, 2.45) is 0 Å². The van der Waals surface area contributed by atoms with Gasteiger partial charge in [-0.05, 0) is 6.92 Å². The van der Waals surface area contributed by atoms with Gasteiger partial charge in [0.05, 0.1) is 0 Å². The molecule has 0 bridgehead atoms. The number of halogens is 1. The number of aryl methyl sites for hydroxylation is 1. The van der Waals surface area contributed by atoms with Gasteiger partial charge in [0.2, 0.25) is 5.89 Å². The van der Waals surface area contributed by atoms with Gasteiger partial charge in [-0.3, -0.25) is 0 Å². The van der Waals surface area contributed by atoms with Crippen LogP contribution < -0.4 is 10.2 Å². The molecule has 6 heteroatoms. The second-order valence-electron chi connectivity index (χ2n) is 3.35. The van der Waals surface area contributed by atoms with Gasteiger partial charge in [0.1, 0.15) is 0 Å². The molecular weight excluding hydrogens is 204 g/mol. The van der Waals surface area contributed by atoms with E-state index in [4.69, 9.17) is 4.42 Å². The van der Waals surface area contributed by atoms with Crippen molar-refractivity contribution >= 4 is 18.4 Å². The van der Waals surface area contributed by atoms with Crippen molar-refractivity contribution in [3.8, 4) is 0 Å². The van der Waals surface area contributed by atoms with Crippen LogP contribution >= 0.6 is 12.4 Å². The molecule has 1 aliphatic rings. The largest absolute Gasteiger partial charge is 0.408 e. The molecule has 1 aromatic rings. The van der Waals surface area contributed by atoms with Gasteiger partial charge in [-0.1, -0.05) is 5.10 Å². The first-order chi connectivity index (χ1) is 6.27. The molecule has 0 unspecified atom stereocenters. The van der Waals surface area contributed by atoms with Gasteiger partial charge in [0, 0.05) is 32.6 Å². The normalized spacial score (nSPS) is 21.9. The summed E-state index contributed by atoms with van der Waals surface area (Å²) in [5.41, 5.74) is 0. The average Bonchev–Trinajstić information content (AvgIpc) is 2.53. The number of nitrogens with zero attached hydrogens (tertiary/aromatic N) is 3. The number of anilines is 1. The monoisotopic (exact) mass is 218 g/mol. The smallest absolute Gasteiger partial charge is 0.318 e. The van der Waals surface area contributed by atoms with E-state index >= 15 is 0 Å². The predicted octanol–water partition coefficient (Wildman–Crippen LogP) is 0.598. The van der Waals surface area contributed by atoms with E-state index < -0.39 is 0 Å². The SMILES string of the molecule is Cc1nnc(N2CCNC[C@@H]2C)o1.Cl. The van der Waals surface area contributed by atoms with Crippen LogP contribution in [-0.2, 0) is 0 Å². The lowest BCUT2D eigenvalue weighted by molar-refractivity contribution is 0.437. The molecule has 0 spiro atoms. The summed E-state index contributed by atoms with van der Waals surface area (Å²) in [4.78, 5) is 2.14. The Morgan fingerprint density at radius 2 is 2.29 bits per heavy atom. The Morgan fingerprint density at radius 1 is 1.50 bits per heavy atom. The van der Waals surface area contributed by atoms with Crippen molar-refractivity contribution in [2.45, 2.75) is 19.9 Å². The van der Waals surface area contributed by atoms with E-state index in [2.05, 4.69) is 27.3 Å². The van der Waals surface area contributed by atoms with Crippen molar-refractivity contribution in [1.29, 1.82) is 0 Å². The molecule has 14 heavy (non-hydrogen) atoms. The van der Waals surface area contributed by atoms with Gasteiger partial charge < -0.3 is 14.6 Å². The molecule has 1 aromatic heterocycles. The molecule has 1 saturated heterocycles. The highest BCUT2D eigenvalue weighted by Crippen LogP contribution is 2.15. The maximum Gasteiger partial charge on any atom is 0.318 e. The van der Waals surface area contributed by atoms with E-state index in [0.717, 1.165) is 19.6 Å². The molecule has 5 nitrogen and oxygen atoms in total. The van der Waals surface area contributed by atoms with Gasteiger partial charge in [0.25, 0.3) is 0 Å². The molecule has 0 amide bonds. The fourth-order valence-electron chi connectivity index (χ4n) is 1.53. The minimum Gasteiger partial charge on any atom is -0.408 e. The Balaban J connectivity index is 0.000000980. The maximum atomic E-state index is 5.37. The molecule has 0 aromatic carbocycles. The summed E-state index contributed by atoms with van der Waals surface area (Å²) >= 11 is 0. The van der Waals surface area contributed by atoms with Gasteiger partial charge >= 0.3 is 6.01 Å². The van der Waals surface area contributed by atoms with Gasteiger partial charge in [0.15, 0.2) is 0 Å². The first kappa shape index (κ1) is 11.3. The zero-order valence-electron chi connectivity index (χ0n) is 8.36. The van der Waals surface area contributed by atoms with E-state index in [9.17, 15) is 0 Å². The van der Waals surface area contributed by atoms with Gasteiger partial charge in [-0.2, -0.15) is 0 Å². The predicted molar refractivity (Wildman–Crippen MR) is 56.0 cm³/mol. The molecule has 80 valence electrons. The molecular formula is C8H15ClN4O. The third-order valence-corrected chi connectivity index (χ3v) is 2.26. The highest BCUT2D eigenvalue weighted by Gasteiger charge is 2.22. The van der Waals surface area contributed by atoms with Crippen molar-refractivity contribution in [2.75, 3.05) is 24.5 Å². The molecule has 2 rings (SSSR count). The highest BCUT2D eigenvalue weighted by atomic mass is 35.5.